The van der Waals surface area contributed by atoms with E-state index in [1.165, 1.54) is 6.92 Å². The van der Waals surface area contributed by atoms with Crippen LogP contribution in [-0.4, -0.2) is 42.9 Å². The Bertz CT molecular complexity index is 939. The molecule has 1 atom stereocenters. The number of methoxy groups -OCH3 is 1. The van der Waals surface area contributed by atoms with Crippen LogP contribution in [0.2, 0.25) is 0 Å². The van der Waals surface area contributed by atoms with E-state index >= 15 is 0 Å². The summed E-state index contributed by atoms with van der Waals surface area (Å²) >= 11 is 0. The number of benzene rings is 2. The van der Waals surface area contributed by atoms with Crippen LogP contribution in [0.1, 0.15) is 43.4 Å². The highest BCUT2D eigenvalue weighted by atomic mass is 16.5. The maximum atomic E-state index is 12.6. The van der Waals surface area contributed by atoms with Gasteiger partial charge in [0, 0.05) is 32.2 Å². The van der Waals surface area contributed by atoms with Gasteiger partial charge in [-0.25, -0.2) is 4.79 Å². The van der Waals surface area contributed by atoms with Crippen molar-refractivity contribution in [1.82, 2.24) is 15.5 Å². The lowest BCUT2D eigenvalue weighted by molar-refractivity contribution is -0.122. The molecular weight excluding hydrogens is 408 g/mol. The Kier molecular flexibility index (Phi) is 8.08. The van der Waals surface area contributed by atoms with Crippen molar-refractivity contribution in [3.05, 3.63) is 59.7 Å². The van der Waals surface area contributed by atoms with E-state index < -0.39 is 6.04 Å². The smallest absolute Gasteiger partial charge is 0.321 e. The van der Waals surface area contributed by atoms with Gasteiger partial charge in [0.1, 0.15) is 5.75 Å². The lowest BCUT2D eigenvalue weighted by atomic mass is 10.0. The first-order valence-electron chi connectivity index (χ1n) is 10.8. The second kappa shape index (κ2) is 11.2. The predicted octanol–water partition coefficient (Wildman–Crippen LogP) is 3.21. The van der Waals surface area contributed by atoms with Crippen LogP contribution in [0.3, 0.4) is 0 Å². The molecule has 0 radical (unpaired) electrons. The molecule has 0 aromatic heterocycles. The van der Waals surface area contributed by atoms with Gasteiger partial charge in [0.05, 0.1) is 19.6 Å². The second-order valence-electron chi connectivity index (χ2n) is 7.83. The van der Waals surface area contributed by atoms with E-state index in [0.29, 0.717) is 18.0 Å². The van der Waals surface area contributed by atoms with E-state index in [9.17, 15) is 14.4 Å². The average Bonchev–Trinajstić information content (AvgIpc) is 3.33. The fraction of sp³-hybridized carbons (Fsp3) is 0.375. The highest BCUT2D eigenvalue weighted by Crippen LogP contribution is 2.21. The molecule has 2 aromatic rings. The molecule has 170 valence electrons. The first kappa shape index (κ1) is 23.1. The summed E-state index contributed by atoms with van der Waals surface area (Å²) in [6.45, 7) is 3.31. The molecule has 8 heteroatoms. The van der Waals surface area contributed by atoms with Gasteiger partial charge in [0.15, 0.2) is 0 Å². The quantitative estimate of drug-likeness (QED) is 0.589. The molecule has 2 aromatic carbocycles. The summed E-state index contributed by atoms with van der Waals surface area (Å²) in [5, 5.41) is 8.63. The number of ether oxygens (including phenoxy) is 1. The number of carbonyl (C=O) groups excluding carboxylic acids is 3. The van der Waals surface area contributed by atoms with Gasteiger partial charge in [-0.3, -0.25) is 9.59 Å². The van der Waals surface area contributed by atoms with Crippen molar-refractivity contribution in [3.8, 4) is 5.75 Å². The molecule has 0 aliphatic carbocycles. The van der Waals surface area contributed by atoms with Crippen LogP contribution in [0.15, 0.2) is 48.5 Å². The Hall–Kier alpha value is -3.55. The minimum atomic E-state index is -0.440. The zero-order valence-electron chi connectivity index (χ0n) is 18.5. The molecule has 0 saturated carbocycles. The highest BCUT2D eigenvalue weighted by Gasteiger charge is 2.19. The number of nitrogens with zero attached hydrogens (tertiary/aromatic N) is 1. The summed E-state index contributed by atoms with van der Waals surface area (Å²) in [4.78, 5) is 38.3. The number of hydrogen-bond donors (Lipinski definition) is 3. The van der Waals surface area contributed by atoms with Crippen LogP contribution in [0.25, 0.3) is 0 Å². The number of hydrogen-bond acceptors (Lipinski definition) is 4. The molecule has 32 heavy (non-hydrogen) atoms. The first-order valence-corrected chi connectivity index (χ1v) is 10.8. The molecule has 4 amide bonds. The largest absolute Gasteiger partial charge is 0.497 e. The highest BCUT2D eigenvalue weighted by molar-refractivity contribution is 5.89. The van der Waals surface area contributed by atoms with Crippen LogP contribution in [0, 0.1) is 0 Å². The summed E-state index contributed by atoms with van der Waals surface area (Å²) in [6.07, 6.45) is 2.18. The maximum absolute atomic E-state index is 12.6. The third-order valence-corrected chi connectivity index (χ3v) is 5.35. The fourth-order valence-corrected chi connectivity index (χ4v) is 3.67. The summed E-state index contributed by atoms with van der Waals surface area (Å²) in [6, 6.07) is 14.1. The van der Waals surface area contributed by atoms with Crippen molar-refractivity contribution in [2.75, 3.05) is 25.5 Å². The lowest BCUT2D eigenvalue weighted by Crippen LogP contribution is -2.32. The monoisotopic (exact) mass is 438 g/mol. The van der Waals surface area contributed by atoms with Gasteiger partial charge in [-0.15, -0.1) is 0 Å². The van der Waals surface area contributed by atoms with Crippen molar-refractivity contribution < 1.29 is 19.1 Å². The normalized spacial score (nSPS) is 13.9. The van der Waals surface area contributed by atoms with Crippen molar-refractivity contribution >= 4 is 23.5 Å². The molecule has 0 spiro atoms. The molecule has 0 bridgehead atoms. The van der Waals surface area contributed by atoms with Gasteiger partial charge in [-0.05, 0) is 48.2 Å². The van der Waals surface area contributed by atoms with Crippen LogP contribution < -0.4 is 20.7 Å². The topological polar surface area (TPSA) is 99.8 Å². The zero-order chi connectivity index (χ0) is 22.9. The molecule has 1 heterocycles. The first-order chi connectivity index (χ1) is 15.4. The van der Waals surface area contributed by atoms with Crippen LogP contribution >= 0.6 is 0 Å². The van der Waals surface area contributed by atoms with E-state index in [1.807, 2.05) is 36.4 Å². The van der Waals surface area contributed by atoms with Crippen LogP contribution in [0.4, 0.5) is 10.5 Å². The Morgan fingerprint density at radius 3 is 2.44 bits per heavy atom. The van der Waals surface area contributed by atoms with Crippen molar-refractivity contribution in [3.63, 3.8) is 0 Å². The summed E-state index contributed by atoms with van der Waals surface area (Å²) in [5.74, 6) is 0.308. The zero-order valence-corrected chi connectivity index (χ0v) is 18.5. The molecule has 1 aliphatic rings. The Labute approximate surface area is 188 Å². The predicted molar refractivity (Wildman–Crippen MR) is 122 cm³/mol. The van der Waals surface area contributed by atoms with Gasteiger partial charge in [-0.2, -0.15) is 0 Å². The number of nitrogens with one attached hydrogen (secondary N) is 3. The Balaban J connectivity index is 1.56. The number of likely N-dealkylation sites (tertiary alicyclic amines) is 1. The molecule has 1 fully saturated rings. The molecule has 1 saturated heterocycles. The molecule has 3 N–H and O–H groups in total. The minimum Gasteiger partial charge on any atom is -0.497 e. The lowest BCUT2D eigenvalue weighted by Gasteiger charge is -2.19. The van der Waals surface area contributed by atoms with E-state index in [0.717, 1.165) is 37.1 Å². The SMILES string of the molecule is COc1ccc(C(CC(=O)NCc2cccc(NC(=O)N3CCCC3)c2)NC(C)=O)cc1. The second-order valence-corrected chi connectivity index (χ2v) is 7.83. The number of rotatable bonds is 8. The van der Waals surface area contributed by atoms with E-state index in [2.05, 4.69) is 16.0 Å². The van der Waals surface area contributed by atoms with E-state index in [1.54, 1.807) is 24.1 Å². The third kappa shape index (κ3) is 6.73. The summed E-state index contributed by atoms with van der Waals surface area (Å²) < 4.78 is 5.17. The van der Waals surface area contributed by atoms with Gasteiger partial charge in [-0.1, -0.05) is 24.3 Å². The number of anilines is 1. The summed E-state index contributed by atoms with van der Waals surface area (Å²) in [5.41, 5.74) is 2.39. The molecular formula is C24H30N4O4. The van der Waals surface area contributed by atoms with Crippen LogP contribution in [-0.2, 0) is 16.1 Å². The maximum Gasteiger partial charge on any atom is 0.321 e. The van der Waals surface area contributed by atoms with E-state index in [-0.39, 0.29) is 24.3 Å². The fourth-order valence-electron chi connectivity index (χ4n) is 3.67. The van der Waals surface area contributed by atoms with Crippen molar-refractivity contribution in [1.29, 1.82) is 0 Å². The summed E-state index contributed by atoms with van der Waals surface area (Å²) in [7, 11) is 1.58. The van der Waals surface area contributed by atoms with Crippen LogP contribution in [0.5, 0.6) is 5.75 Å². The van der Waals surface area contributed by atoms with Crippen molar-refractivity contribution in [2.24, 2.45) is 0 Å². The standard InChI is InChI=1S/C24H30N4O4/c1-17(29)26-22(19-8-10-21(32-2)11-9-19)15-23(30)25-16-18-6-5-7-20(14-18)27-24(31)28-12-3-4-13-28/h5-11,14,22H,3-4,12-13,15-16H2,1-2H3,(H,25,30)(H,26,29)(H,27,31). The number of urea groups is 1. The number of amides is 4. The minimum absolute atomic E-state index is 0.0960. The molecule has 1 unspecified atom stereocenters. The van der Waals surface area contributed by atoms with Gasteiger partial charge >= 0.3 is 6.03 Å². The molecule has 3 rings (SSSR count). The molecule has 8 nitrogen and oxygen atoms in total. The van der Waals surface area contributed by atoms with Gasteiger partial charge < -0.3 is 25.6 Å². The van der Waals surface area contributed by atoms with Gasteiger partial charge in [0.25, 0.3) is 0 Å². The average molecular weight is 439 g/mol. The van der Waals surface area contributed by atoms with Crippen molar-refractivity contribution in [2.45, 2.75) is 38.8 Å². The Morgan fingerprint density at radius 1 is 1.06 bits per heavy atom. The van der Waals surface area contributed by atoms with Gasteiger partial charge in [0.2, 0.25) is 11.8 Å². The number of carbonyl (C=O) groups is 3. The third-order valence-electron chi connectivity index (χ3n) is 5.35. The van der Waals surface area contributed by atoms with E-state index in [4.69, 9.17) is 4.74 Å². The Morgan fingerprint density at radius 2 is 1.78 bits per heavy atom. The molecule has 1 aliphatic heterocycles.